The molecule has 1 aromatic carbocycles. The van der Waals surface area contributed by atoms with Crippen LogP contribution >= 0.6 is 23.2 Å². The number of hydrogen-bond acceptors (Lipinski definition) is 6. The maximum Gasteiger partial charge on any atom is 0.343 e. The van der Waals surface area contributed by atoms with E-state index < -0.39 is 5.97 Å². The number of aromatic amines is 1. The number of nitrogens with one attached hydrogen (secondary N) is 1. The smallest absolute Gasteiger partial charge is 0.343 e. The molecular weight excluding hydrogens is 353 g/mol. The third-order valence-electron chi connectivity index (χ3n) is 3.21. The molecule has 0 unspecified atom stereocenters. The van der Waals surface area contributed by atoms with Gasteiger partial charge in [-0.3, -0.25) is 5.10 Å². The molecule has 2 rings (SSSR count). The second-order valence-electron chi connectivity index (χ2n) is 4.71. The third kappa shape index (κ3) is 4.69. The van der Waals surface area contributed by atoms with Crippen molar-refractivity contribution >= 4 is 46.4 Å². The normalized spacial score (nSPS) is 11.0. The molecule has 128 valence electrons. The van der Waals surface area contributed by atoms with E-state index in [0.29, 0.717) is 30.5 Å². The number of nitrogens with zero attached hydrogens (tertiary/aromatic N) is 4. The van der Waals surface area contributed by atoms with Gasteiger partial charge in [-0.05, 0) is 24.3 Å². The van der Waals surface area contributed by atoms with Gasteiger partial charge >= 0.3 is 5.97 Å². The molecule has 0 fully saturated rings. The molecule has 0 radical (unpaired) electrons. The molecule has 24 heavy (non-hydrogen) atoms. The molecule has 0 aliphatic carbocycles. The molecule has 0 atom stereocenters. The Kier molecular flexibility index (Phi) is 7.02. The number of benzene rings is 1. The van der Waals surface area contributed by atoms with E-state index in [1.165, 1.54) is 13.3 Å². The van der Waals surface area contributed by atoms with Crippen LogP contribution in [0.3, 0.4) is 0 Å². The number of rotatable bonds is 8. The van der Waals surface area contributed by atoms with E-state index in [1.54, 1.807) is 0 Å². The Bertz CT molecular complexity index is 681. The van der Waals surface area contributed by atoms with Gasteiger partial charge in [0.1, 0.15) is 5.56 Å². The number of alkyl halides is 2. The van der Waals surface area contributed by atoms with Gasteiger partial charge in [0.2, 0.25) is 0 Å². The maximum atomic E-state index is 11.5. The van der Waals surface area contributed by atoms with Gasteiger partial charge in [0.25, 0.3) is 0 Å². The number of ether oxygens (including phenoxy) is 1. The summed E-state index contributed by atoms with van der Waals surface area (Å²) in [6, 6.07) is 7.48. The summed E-state index contributed by atoms with van der Waals surface area (Å²) in [5.74, 6) is 0.769. The number of halogens is 2. The Labute approximate surface area is 149 Å². The van der Waals surface area contributed by atoms with Gasteiger partial charge < -0.3 is 9.64 Å². The lowest BCUT2D eigenvalue weighted by atomic mass is 10.2. The monoisotopic (exact) mass is 369 g/mol. The average molecular weight is 370 g/mol. The van der Waals surface area contributed by atoms with Gasteiger partial charge in [-0.15, -0.1) is 33.4 Å². The van der Waals surface area contributed by atoms with Crippen molar-refractivity contribution in [1.82, 2.24) is 10.2 Å². The van der Waals surface area contributed by atoms with E-state index in [1.807, 2.05) is 24.3 Å². The van der Waals surface area contributed by atoms with Crippen LogP contribution in [0.25, 0.3) is 0 Å². The zero-order chi connectivity index (χ0) is 17.4. The molecule has 1 aromatic heterocycles. The van der Waals surface area contributed by atoms with E-state index in [0.717, 1.165) is 5.69 Å². The number of carbonyl (C=O) groups excluding carboxylic acids is 1. The van der Waals surface area contributed by atoms with Crippen LogP contribution in [0.15, 0.2) is 40.7 Å². The van der Waals surface area contributed by atoms with Crippen LogP contribution in [0.1, 0.15) is 10.4 Å². The number of methoxy groups -OCH3 is 1. The van der Waals surface area contributed by atoms with Crippen LogP contribution < -0.4 is 4.90 Å². The Morgan fingerprint density at radius 3 is 2.46 bits per heavy atom. The first kappa shape index (κ1) is 18.2. The van der Waals surface area contributed by atoms with Gasteiger partial charge in [-0.25, -0.2) is 4.79 Å². The number of esters is 1. The number of carbonyl (C=O) groups is 1. The van der Waals surface area contributed by atoms with E-state index in [2.05, 4.69) is 30.1 Å². The average Bonchev–Trinajstić information content (AvgIpc) is 3.08. The minimum Gasteiger partial charge on any atom is -0.465 e. The highest BCUT2D eigenvalue weighted by atomic mass is 35.5. The lowest BCUT2D eigenvalue weighted by molar-refractivity contribution is 0.0601. The van der Waals surface area contributed by atoms with Gasteiger partial charge in [-0.1, -0.05) is 0 Å². The number of aromatic nitrogens is 2. The highest BCUT2D eigenvalue weighted by molar-refractivity contribution is 6.18. The predicted molar refractivity (Wildman–Crippen MR) is 94.2 cm³/mol. The quantitative estimate of drug-likeness (QED) is 0.434. The lowest BCUT2D eigenvalue weighted by Crippen LogP contribution is -2.27. The van der Waals surface area contributed by atoms with Crippen molar-refractivity contribution in [2.24, 2.45) is 10.2 Å². The van der Waals surface area contributed by atoms with Crippen molar-refractivity contribution in [1.29, 1.82) is 0 Å². The highest BCUT2D eigenvalue weighted by Crippen LogP contribution is 2.23. The van der Waals surface area contributed by atoms with E-state index in [9.17, 15) is 4.79 Å². The molecule has 2 aromatic rings. The molecule has 7 nitrogen and oxygen atoms in total. The van der Waals surface area contributed by atoms with Crippen LogP contribution in [0.4, 0.5) is 17.2 Å². The Balaban J connectivity index is 2.11. The van der Waals surface area contributed by atoms with Crippen LogP contribution in [-0.2, 0) is 4.74 Å². The second-order valence-corrected chi connectivity index (χ2v) is 5.46. The molecule has 0 aliphatic heterocycles. The molecule has 0 amide bonds. The van der Waals surface area contributed by atoms with Crippen LogP contribution in [0.5, 0.6) is 0 Å². The predicted octanol–water partition coefficient (Wildman–Crippen LogP) is 3.90. The summed E-state index contributed by atoms with van der Waals surface area (Å²) < 4.78 is 4.65. The maximum absolute atomic E-state index is 11.5. The summed E-state index contributed by atoms with van der Waals surface area (Å²) in [4.78, 5) is 13.6. The molecule has 0 spiro atoms. The number of azo groups is 1. The Morgan fingerprint density at radius 2 is 1.88 bits per heavy atom. The molecule has 0 bridgehead atoms. The fourth-order valence-electron chi connectivity index (χ4n) is 2.03. The van der Waals surface area contributed by atoms with Gasteiger partial charge in [0, 0.05) is 30.5 Å². The summed E-state index contributed by atoms with van der Waals surface area (Å²) in [6.45, 7) is 1.43. The largest absolute Gasteiger partial charge is 0.465 e. The van der Waals surface area contributed by atoms with Crippen molar-refractivity contribution in [2.45, 2.75) is 0 Å². The van der Waals surface area contributed by atoms with Crippen LogP contribution in [0.2, 0.25) is 0 Å². The first-order valence-corrected chi connectivity index (χ1v) is 8.27. The minimum absolute atomic E-state index is 0.230. The first-order valence-electron chi connectivity index (χ1n) is 7.20. The van der Waals surface area contributed by atoms with Crippen molar-refractivity contribution in [3.63, 3.8) is 0 Å². The first-order chi connectivity index (χ1) is 11.7. The van der Waals surface area contributed by atoms with Crippen LogP contribution in [-0.4, -0.2) is 48.1 Å². The van der Waals surface area contributed by atoms with Gasteiger partial charge in [0.15, 0.2) is 5.82 Å². The molecule has 1 heterocycles. The van der Waals surface area contributed by atoms with E-state index >= 15 is 0 Å². The fraction of sp³-hybridized carbons (Fsp3) is 0.333. The van der Waals surface area contributed by atoms with Crippen molar-refractivity contribution in [3.8, 4) is 0 Å². The van der Waals surface area contributed by atoms with Crippen molar-refractivity contribution in [3.05, 3.63) is 36.0 Å². The highest BCUT2D eigenvalue weighted by Gasteiger charge is 2.13. The SMILES string of the molecule is COC(=O)c1cn[nH]c1N=Nc1ccc(N(CCCl)CCCl)cc1. The summed E-state index contributed by atoms with van der Waals surface area (Å²) in [7, 11) is 1.29. The summed E-state index contributed by atoms with van der Waals surface area (Å²) in [6.07, 6.45) is 1.35. The van der Waals surface area contributed by atoms with Crippen molar-refractivity contribution < 1.29 is 9.53 Å². The van der Waals surface area contributed by atoms with E-state index in [4.69, 9.17) is 23.2 Å². The standard InChI is InChI=1S/C15H17Cl2N5O2/c1-24-15(23)13-10-18-20-14(13)21-19-11-2-4-12(5-3-11)22(8-6-16)9-7-17/h2-5,10H,6-9H2,1H3,(H,18,20). The molecule has 1 N–H and O–H groups in total. The molecule has 0 saturated heterocycles. The van der Waals surface area contributed by atoms with Crippen LogP contribution in [0, 0.1) is 0 Å². The zero-order valence-corrected chi connectivity index (χ0v) is 14.6. The summed E-state index contributed by atoms with van der Waals surface area (Å²) >= 11 is 11.6. The third-order valence-corrected chi connectivity index (χ3v) is 3.55. The Hall–Kier alpha value is -2.12. The summed E-state index contributed by atoms with van der Waals surface area (Å²) in [5, 5.41) is 14.5. The van der Waals surface area contributed by atoms with Crippen molar-refractivity contribution in [2.75, 3.05) is 36.9 Å². The van der Waals surface area contributed by atoms with E-state index in [-0.39, 0.29) is 11.4 Å². The number of H-pyrrole nitrogens is 1. The molecule has 9 heteroatoms. The van der Waals surface area contributed by atoms with Gasteiger partial charge in [-0.2, -0.15) is 5.10 Å². The Morgan fingerprint density at radius 1 is 1.21 bits per heavy atom. The molecule has 0 saturated carbocycles. The second kappa shape index (κ2) is 9.24. The fourth-order valence-corrected chi connectivity index (χ4v) is 2.43. The molecular formula is C15H17Cl2N5O2. The minimum atomic E-state index is -0.522. The number of anilines is 1. The molecule has 0 aliphatic rings. The number of hydrogen-bond donors (Lipinski definition) is 1. The topological polar surface area (TPSA) is 82.9 Å². The summed E-state index contributed by atoms with van der Waals surface area (Å²) in [5.41, 5.74) is 1.88. The lowest BCUT2D eigenvalue weighted by Gasteiger charge is -2.22. The zero-order valence-electron chi connectivity index (χ0n) is 13.1. The van der Waals surface area contributed by atoms with Gasteiger partial charge in [0.05, 0.1) is 19.0 Å².